The summed E-state index contributed by atoms with van der Waals surface area (Å²) in [6, 6.07) is 6.39. The number of carbonyl (C=O) groups excluding carboxylic acids is 1. The van der Waals surface area contributed by atoms with Crippen LogP contribution in [-0.2, 0) is 4.79 Å². The molecule has 0 radical (unpaired) electrons. The van der Waals surface area contributed by atoms with E-state index in [2.05, 4.69) is 0 Å². The third kappa shape index (κ3) is 1.93. The van der Waals surface area contributed by atoms with Gasteiger partial charge >= 0.3 is 0 Å². The molecular weight excluding hydrogens is 192 g/mol. The molecule has 1 unspecified atom stereocenters. The highest BCUT2D eigenvalue weighted by molar-refractivity contribution is 5.80. The van der Waals surface area contributed by atoms with E-state index in [1.807, 2.05) is 0 Å². The molecule has 0 bridgehead atoms. The predicted molar refractivity (Wildman–Crippen MR) is 48.2 cm³/mol. The summed E-state index contributed by atoms with van der Waals surface area (Å²) in [5, 5.41) is 35.1. The van der Waals surface area contributed by atoms with Gasteiger partial charge < -0.3 is 0 Å². The fourth-order valence-electron chi connectivity index (χ4n) is 1.15. The van der Waals surface area contributed by atoms with Crippen LogP contribution in [0.25, 0.3) is 0 Å². The third-order valence-corrected chi connectivity index (χ3v) is 2.38. The van der Waals surface area contributed by atoms with Crippen molar-refractivity contribution < 1.29 is 4.79 Å². The third-order valence-electron chi connectivity index (χ3n) is 2.38. The van der Waals surface area contributed by atoms with Crippen LogP contribution in [0.15, 0.2) is 0 Å². The zero-order valence-corrected chi connectivity index (χ0v) is 8.35. The summed E-state index contributed by atoms with van der Waals surface area (Å²) in [6.45, 7) is 2.59. The molecule has 5 heteroatoms. The van der Waals surface area contributed by atoms with Crippen LogP contribution < -0.4 is 0 Å². The van der Waals surface area contributed by atoms with Crippen LogP contribution in [0.1, 0.15) is 13.8 Å². The lowest BCUT2D eigenvalue weighted by atomic mass is 9.69. The Bertz CT molecular complexity index is 398. The predicted octanol–water partition coefficient (Wildman–Crippen LogP) is 0.908. The van der Waals surface area contributed by atoms with Crippen LogP contribution in [0, 0.1) is 62.6 Å². The van der Waals surface area contributed by atoms with Gasteiger partial charge in [-0.1, -0.05) is 6.92 Å². The highest BCUT2D eigenvalue weighted by Crippen LogP contribution is 2.35. The van der Waals surface area contributed by atoms with Gasteiger partial charge in [0.25, 0.3) is 0 Å². The van der Waals surface area contributed by atoms with Gasteiger partial charge in [0.15, 0.2) is 11.3 Å². The molecule has 0 fully saturated rings. The van der Waals surface area contributed by atoms with E-state index in [0.717, 1.165) is 0 Å². The van der Waals surface area contributed by atoms with Gasteiger partial charge in [-0.05, 0) is 6.92 Å². The van der Waals surface area contributed by atoms with Gasteiger partial charge in [0.1, 0.15) is 5.78 Å². The standard InChI is InChI=1S/C10H8N4O/c1-7(8(2)15)10(5-13,6-14)9(3-11)4-12/h7,9H,1-2H3. The highest BCUT2D eigenvalue weighted by Gasteiger charge is 2.47. The monoisotopic (exact) mass is 200 g/mol. The lowest BCUT2D eigenvalue weighted by molar-refractivity contribution is -0.122. The van der Waals surface area contributed by atoms with Crippen LogP contribution in [0.4, 0.5) is 0 Å². The first-order valence-corrected chi connectivity index (χ1v) is 4.12. The molecule has 0 saturated carbocycles. The zero-order valence-electron chi connectivity index (χ0n) is 8.35. The summed E-state index contributed by atoms with van der Waals surface area (Å²) < 4.78 is 0. The number of hydrogen-bond acceptors (Lipinski definition) is 5. The molecule has 0 aromatic heterocycles. The SMILES string of the molecule is CC(=O)C(C)C(C#N)(C#N)C(C#N)C#N. The number of rotatable bonds is 3. The first-order valence-electron chi connectivity index (χ1n) is 4.12. The molecule has 0 rings (SSSR count). The van der Waals surface area contributed by atoms with Crippen molar-refractivity contribution in [3.63, 3.8) is 0 Å². The minimum Gasteiger partial charge on any atom is -0.300 e. The fraction of sp³-hybridized carbons (Fsp3) is 0.500. The maximum Gasteiger partial charge on any atom is 0.181 e. The summed E-state index contributed by atoms with van der Waals surface area (Å²) in [6.07, 6.45) is 0. The molecule has 0 aromatic rings. The lowest BCUT2D eigenvalue weighted by Crippen LogP contribution is -2.36. The second-order valence-corrected chi connectivity index (χ2v) is 3.12. The van der Waals surface area contributed by atoms with Gasteiger partial charge in [-0.25, -0.2) is 0 Å². The number of Topliss-reactive ketones (excluding diaryl/α,β-unsaturated/α-hetero) is 1. The van der Waals surface area contributed by atoms with Crippen LogP contribution in [0.2, 0.25) is 0 Å². The topological polar surface area (TPSA) is 112 Å². The summed E-state index contributed by atoms with van der Waals surface area (Å²) in [5.41, 5.74) is -1.88. The van der Waals surface area contributed by atoms with Crippen molar-refractivity contribution in [2.75, 3.05) is 0 Å². The number of nitrogens with zero attached hydrogens (tertiary/aromatic N) is 4. The zero-order chi connectivity index (χ0) is 12.1. The molecule has 0 saturated heterocycles. The first-order chi connectivity index (χ1) is 6.99. The van der Waals surface area contributed by atoms with Crippen LogP contribution in [0.3, 0.4) is 0 Å². The minimum absolute atomic E-state index is 0.395. The molecule has 0 heterocycles. The van der Waals surface area contributed by atoms with Crippen molar-refractivity contribution in [3.8, 4) is 24.3 Å². The molecule has 5 nitrogen and oxygen atoms in total. The Morgan fingerprint density at radius 2 is 1.53 bits per heavy atom. The molecule has 0 spiro atoms. The quantitative estimate of drug-likeness (QED) is 0.671. The fourth-order valence-corrected chi connectivity index (χ4v) is 1.15. The van der Waals surface area contributed by atoms with Crippen molar-refractivity contribution in [2.24, 2.45) is 17.3 Å². The maximum atomic E-state index is 11.1. The second-order valence-electron chi connectivity index (χ2n) is 3.12. The molecule has 15 heavy (non-hydrogen) atoms. The summed E-state index contributed by atoms with van der Waals surface area (Å²) in [4.78, 5) is 11.1. The molecule has 0 aromatic carbocycles. The van der Waals surface area contributed by atoms with Gasteiger partial charge in [0, 0.05) is 5.92 Å². The van der Waals surface area contributed by atoms with Gasteiger partial charge in [-0.3, -0.25) is 4.79 Å². The van der Waals surface area contributed by atoms with E-state index in [0.29, 0.717) is 0 Å². The summed E-state index contributed by atoms with van der Waals surface area (Å²) in [7, 11) is 0. The smallest absolute Gasteiger partial charge is 0.181 e. The molecule has 0 amide bonds. The van der Waals surface area contributed by atoms with Crippen LogP contribution >= 0.6 is 0 Å². The average molecular weight is 200 g/mol. The Morgan fingerprint density at radius 1 is 1.13 bits per heavy atom. The van der Waals surface area contributed by atoms with E-state index in [9.17, 15) is 4.79 Å². The van der Waals surface area contributed by atoms with E-state index >= 15 is 0 Å². The Hall–Kier alpha value is -2.37. The van der Waals surface area contributed by atoms with Crippen molar-refractivity contribution in [1.29, 1.82) is 21.0 Å². The van der Waals surface area contributed by atoms with Crippen LogP contribution in [-0.4, -0.2) is 5.78 Å². The molecule has 1 atom stereocenters. The molecule has 0 N–H and O–H groups in total. The van der Waals surface area contributed by atoms with E-state index in [-0.39, 0.29) is 0 Å². The second kappa shape index (κ2) is 4.75. The van der Waals surface area contributed by atoms with E-state index in [1.165, 1.54) is 13.8 Å². The average Bonchev–Trinajstić information content (AvgIpc) is 2.25. The first kappa shape index (κ1) is 12.6. The van der Waals surface area contributed by atoms with E-state index < -0.39 is 23.0 Å². The van der Waals surface area contributed by atoms with Gasteiger partial charge in [-0.15, -0.1) is 0 Å². The normalized spacial score (nSPS) is 11.7. The van der Waals surface area contributed by atoms with E-state index in [4.69, 9.17) is 21.0 Å². The minimum atomic E-state index is -1.88. The Morgan fingerprint density at radius 3 is 1.73 bits per heavy atom. The molecule has 0 aliphatic rings. The van der Waals surface area contributed by atoms with E-state index in [1.54, 1.807) is 24.3 Å². The van der Waals surface area contributed by atoms with Crippen LogP contribution in [0.5, 0.6) is 0 Å². The van der Waals surface area contributed by atoms with Crippen molar-refractivity contribution in [3.05, 3.63) is 0 Å². The lowest BCUT2D eigenvalue weighted by Gasteiger charge is -2.24. The molecule has 0 aliphatic heterocycles. The number of nitriles is 4. The Balaban J connectivity index is 5.61. The summed E-state index contributed by atoms with van der Waals surface area (Å²) in [5.74, 6) is -2.78. The van der Waals surface area contributed by atoms with Crippen molar-refractivity contribution >= 4 is 5.78 Å². The summed E-state index contributed by atoms with van der Waals surface area (Å²) >= 11 is 0. The maximum absolute atomic E-state index is 11.1. The molecular formula is C10H8N4O. The van der Waals surface area contributed by atoms with Crippen molar-refractivity contribution in [2.45, 2.75) is 13.8 Å². The molecule has 74 valence electrons. The largest absolute Gasteiger partial charge is 0.300 e. The Kier molecular flexibility index (Phi) is 4.00. The van der Waals surface area contributed by atoms with Gasteiger partial charge in [0.05, 0.1) is 24.3 Å². The van der Waals surface area contributed by atoms with Crippen molar-refractivity contribution in [1.82, 2.24) is 0 Å². The molecule has 0 aliphatic carbocycles. The van der Waals surface area contributed by atoms with Gasteiger partial charge in [0.2, 0.25) is 0 Å². The number of ketones is 1. The Labute approximate surface area is 87.8 Å². The number of carbonyl (C=O) groups is 1. The van der Waals surface area contributed by atoms with Gasteiger partial charge in [-0.2, -0.15) is 21.0 Å². The number of hydrogen-bond donors (Lipinski definition) is 0. The highest BCUT2D eigenvalue weighted by atomic mass is 16.1.